The van der Waals surface area contributed by atoms with Gasteiger partial charge in [-0.25, -0.2) is 8.78 Å². The van der Waals surface area contributed by atoms with E-state index in [-0.39, 0.29) is 17.7 Å². The molecule has 0 saturated carbocycles. The predicted octanol–water partition coefficient (Wildman–Crippen LogP) is 4.00. The first-order chi connectivity index (χ1) is 10.0. The summed E-state index contributed by atoms with van der Waals surface area (Å²) in [7, 11) is 0. The first-order valence-electron chi connectivity index (χ1n) is 6.69. The second kappa shape index (κ2) is 6.47. The molecule has 1 unspecified atom stereocenters. The Hall–Kier alpha value is -2.25. The lowest BCUT2D eigenvalue weighted by atomic mass is 10.0. The maximum absolute atomic E-state index is 13.6. The Bertz CT molecular complexity index is 690. The van der Waals surface area contributed by atoms with Gasteiger partial charge in [-0.2, -0.15) is 5.26 Å². The van der Waals surface area contributed by atoms with E-state index < -0.39 is 0 Å². The Labute approximate surface area is 123 Å². The zero-order valence-corrected chi connectivity index (χ0v) is 12.0. The molecule has 0 fully saturated rings. The van der Waals surface area contributed by atoms with Gasteiger partial charge in [0.15, 0.2) is 0 Å². The van der Waals surface area contributed by atoms with Crippen LogP contribution in [0, 0.1) is 29.9 Å². The average Bonchev–Trinajstić information content (AvgIpc) is 2.47. The number of rotatable bonds is 4. The molecule has 0 saturated heterocycles. The fourth-order valence-corrected chi connectivity index (χ4v) is 2.08. The Kier molecular flexibility index (Phi) is 4.66. The quantitative estimate of drug-likeness (QED) is 0.922. The van der Waals surface area contributed by atoms with Crippen LogP contribution in [0.15, 0.2) is 36.4 Å². The maximum Gasteiger partial charge on any atom is 0.126 e. The molecule has 0 aliphatic heterocycles. The minimum atomic E-state index is -0.375. The van der Waals surface area contributed by atoms with Gasteiger partial charge in [-0.15, -0.1) is 0 Å². The van der Waals surface area contributed by atoms with Gasteiger partial charge in [-0.05, 0) is 54.8 Å². The number of nitriles is 1. The summed E-state index contributed by atoms with van der Waals surface area (Å²) in [5.74, 6) is -0.621. The van der Waals surface area contributed by atoms with Crippen LogP contribution in [-0.2, 0) is 6.54 Å². The summed E-state index contributed by atoms with van der Waals surface area (Å²) in [6, 6.07) is 11.1. The second-order valence-corrected chi connectivity index (χ2v) is 5.02. The van der Waals surface area contributed by atoms with Crippen molar-refractivity contribution in [1.82, 2.24) is 5.32 Å². The number of benzene rings is 2. The lowest BCUT2D eigenvalue weighted by molar-refractivity contribution is 0.559. The van der Waals surface area contributed by atoms with E-state index in [4.69, 9.17) is 5.26 Å². The van der Waals surface area contributed by atoms with Crippen LogP contribution in [0.25, 0.3) is 0 Å². The van der Waals surface area contributed by atoms with Crippen LogP contribution in [-0.4, -0.2) is 0 Å². The molecule has 108 valence electrons. The van der Waals surface area contributed by atoms with Gasteiger partial charge in [-0.3, -0.25) is 0 Å². The normalized spacial score (nSPS) is 12.0. The van der Waals surface area contributed by atoms with Crippen molar-refractivity contribution in [3.63, 3.8) is 0 Å². The Morgan fingerprint density at radius 3 is 2.62 bits per heavy atom. The van der Waals surface area contributed by atoms with Crippen molar-refractivity contribution in [2.75, 3.05) is 0 Å². The van der Waals surface area contributed by atoms with E-state index >= 15 is 0 Å². The molecule has 4 heteroatoms. The van der Waals surface area contributed by atoms with E-state index in [0.29, 0.717) is 23.2 Å². The van der Waals surface area contributed by atoms with Crippen molar-refractivity contribution in [1.29, 1.82) is 5.26 Å². The second-order valence-electron chi connectivity index (χ2n) is 5.02. The van der Waals surface area contributed by atoms with Crippen LogP contribution >= 0.6 is 0 Å². The summed E-state index contributed by atoms with van der Waals surface area (Å²) in [4.78, 5) is 0. The first-order valence-corrected chi connectivity index (χ1v) is 6.69. The van der Waals surface area contributed by atoms with Crippen molar-refractivity contribution in [2.45, 2.75) is 26.4 Å². The summed E-state index contributed by atoms with van der Waals surface area (Å²) in [5.41, 5.74) is 2.44. The van der Waals surface area contributed by atoms with E-state index in [1.54, 1.807) is 13.0 Å². The molecule has 2 aromatic carbocycles. The van der Waals surface area contributed by atoms with Crippen molar-refractivity contribution in [3.8, 4) is 6.07 Å². The Balaban J connectivity index is 2.11. The number of nitrogens with zero attached hydrogens (tertiary/aromatic N) is 1. The van der Waals surface area contributed by atoms with Gasteiger partial charge in [0.25, 0.3) is 0 Å². The highest BCUT2D eigenvalue weighted by Crippen LogP contribution is 2.18. The monoisotopic (exact) mass is 286 g/mol. The molecule has 1 atom stereocenters. The van der Waals surface area contributed by atoms with Crippen LogP contribution in [0.4, 0.5) is 8.78 Å². The van der Waals surface area contributed by atoms with Gasteiger partial charge in [-0.1, -0.05) is 12.1 Å². The standard InChI is InChI=1S/C17H16F2N2/c1-11-3-4-13(8-17(11)19)12(2)21-10-15-7-16(18)6-5-14(15)9-20/h3-8,12,21H,10H2,1-2H3. The smallest absolute Gasteiger partial charge is 0.126 e. The lowest BCUT2D eigenvalue weighted by Gasteiger charge is -2.15. The molecule has 1 N–H and O–H groups in total. The van der Waals surface area contributed by atoms with Gasteiger partial charge in [0, 0.05) is 12.6 Å². The molecule has 2 nitrogen and oxygen atoms in total. The molecule has 0 spiro atoms. The summed E-state index contributed by atoms with van der Waals surface area (Å²) in [6.07, 6.45) is 0. The van der Waals surface area contributed by atoms with Crippen LogP contribution in [0.2, 0.25) is 0 Å². The molecule has 0 bridgehead atoms. The zero-order chi connectivity index (χ0) is 15.4. The molecule has 0 aromatic heterocycles. The minimum Gasteiger partial charge on any atom is -0.306 e. The highest BCUT2D eigenvalue weighted by molar-refractivity contribution is 5.38. The number of hydrogen-bond acceptors (Lipinski definition) is 2. The third-order valence-corrected chi connectivity index (χ3v) is 3.48. The largest absolute Gasteiger partial charge is 0.306 e. The topological polar surface area (TPSA) is 35.8 Å². The van der Waals surface area contributed by atoms with Gasteiger partial charge in [0.05, 0.1) is 11.6 Å². The zero-order valence-electron chi connectivity index (χ0n) is 12.0. The first kappa shape index (κ1) is 15.1. The molecule has 0 aliphatic carbocycles. The summed E-state index contributed by atoms with van der Waals surface area (Å²) < 4.78 is 26.8. The van der Waals surface area contributed by atoms with Crippen molar-refractivity contribution in [2.24, 2.45) is 0 Å². The average molecular weight is 286 g/mol. The number of halogens is 2. The van der Waals surface area contributed by atoms with Gasteiger partial charge < -0.3 is 5.32 Å². The van der Waals surface area contributed by atoms with E-state index in [9.17, 15) is 8.78 Å². The third kappa shape index (κ3) is 3.65. The predicted molar refractivity (Wildman–Crippen MR) is 77.5 cm³/mol. The van der Waals surface area contributed by atoms with Crippen LogP contribution in [0.5, 0.6) is 0 Å². The SMILES string of the molecule is Cc1ccc(C(C)NCc2cc(F)ccc2C#N)cc1F. The van der Waals surface area contributed by atoms with E-state index in [0.717, 1.165) is 5.56 Å². The Morgan fingerprint density at radius 2 is 1.95 bits per heavy atom. The molecule has 2 rings (SSSR count). The highest BCUT2D eigenvalue weighted by atomic mass is 19.1. The van der Waals surface area contributed by atoms with E-state index in [2.05, 4.69) is 5.32 Å². The Morgan fingerprint density at radius 1 is 1.19 bits per heavy atom. The van der Waals surface area contributed by atoms with Crippen molar-refractivity contribution >= 4 is 0 Å². The summed E-state index contributed by atoms with van der Waals surface area (Å²) in [5, 5.41) is 12.2. The molecular weight excluding hydrogens is 270 g/mol. The molecule has 0 amide bonds. The molecule has 21 heavy (non-hydrogen) atoms. The summed E-state index contributed by atoms with van der Waals surface area (Å²) in [6.45, 7) is 3.95. The van der Waals surface area contributed by atoms with Crippen molar-refractivity contribution in [3.05, 3.63) is 70.3 Å². The maximum atomic E-state index is 13.6. The van der Waals surface area contributed by atoms with Crippen LogP contribution in [0.1, 0.15) is 35.2 Å². The van der Waals surface area contributed by atoms with Crippen LogP contribution < -0.4 is 5.32 Å². The van der Waals surface area contributed by atoms with Gasteiger partial charge in [0.1, 0.15) is 11.6 Å². The molecular formula is C17H16F2N2. The van der Waals surface area contributed by atoms with Gasteiger partial charge >= 0.3 is 0 Å². The molecule has 0 heterocycles. The molecule has 0 aliphatic rings. The highest BCUT2D eigenvalue weighted by Gasteiger charge is 2.09. The third-order valence-electron chi connectivity index (χ3n) is 3.48. The minimum absolute atomic E-state index is 0.102. The number of hydrogen-bond donors (Lipinski definition) is 1. The fraction of sp³-hybridized carbons (Fsp3) is 0.235. The fourth-order valence-electron chi connectivity index (χ4n) is 2.08. The van der Waals surface area contributed by atoms with Crippen LogP contribution in [0.3, 0.4) is 0 Å². The molecule has 0 radical (unpaired) electrons. The number of nitrogens with one attached hydrogen (secondary N) is 1. The number of aryl methyl sites for hydroxylation is 1. The molecule has 2 aromatic rings. The van der Waals surface area contributed by atoms with Gasteiger partial charge in [0.2, 0.25) is 0 Å². The lowest BCUT2D eigenvalue weighted by Crippen LogP contribution is -2.19. The van der Waals surface area contributed by atoms with E-state index in [1.165, 1.54) is 24.3 Å². The van der Waals surface area contributed by atoms with Crippen molar-refractivity contribution < 1.29 is 8.78 Å². The van der Waals surface area contributed by atoms with E-state index in [1.807, 2.05) is 19.1 Å². The summed E-state index contributed by atoms with van der Waals surface area (Å²) >= 11 is 0.